The van der Waals surface area contributed by atoms with Crippen LogP contribution in [0.2, 0.25) is 0 Å². The van der Waals surface area contributed by atoms with Crippen molar-refractivity contribution in [3.63, 3.8) is 0 Å². The van der Waals surface area contributed by atoms with Gasteiger partial charge in [0.15, 0.2) is 0 Å². The molecule has 2 N–H and O–H groups in total. The van der Waals surface area contributed by atoms with Crippen molar-refractivity contribution in [2.24, 2.45) is 11.1 Å². The van der Waals surface area contributed by atoms with Gasteiger partial charge in [-0.05, 0) is 39.0 Å². The predicted octanol–water partition coefficient (Wildman–Crippen LogP) is 1.90. The van der Waals surface area contributed by atoms with Crippen LogP contribution in [0.4, 0.5) is 4.79 Å². The molecule has 0 aliphatic carbocycles. The molecular weight excluding hydrogens is 232 g/mol. The maximum absolute atomic E-state index is 12.1. The van der Waals surface area contributed by atoms with E-state index in [9.17, 15) is 9.59 Å². The molecule has 0 saturated carbocycles. The third-order valence-corrected chi connectivity index (χ3v) is 3.42. The average Bonchev–Trinajstić information content (AvgIpc) is 2.55. The van der Waals surface area contributed by atoms with Crippen molar-refractivity contribution in [1.82, 2.24) is 4.90 Å². The van der Waals surface area contributed by atoms with Crippen molar-refractivity contribution < 1.29 is 14.3 Å². The SMILES string of the molecule is CCC1(C)CC(C(N)=O)N(C(=O)OC(C)(C)C)C1. The molecule has 0 radical (unpaired) electrons. The lowest BCUT2D eigenvalue weighted by Crippen LogP contribution is -2.45. The van der Waals surface area contributed by atoms with Gasteiger partial charge in [0.1, 0.15) is 11.6 Å². The van der Waals surface area contributed by atoms with Gasteiger partial charge in [-0.3, -0.25) is 9.69 Å². The molecule has 2 amide bonds. The molecule has 0 bridgehead atoms. The number of nitrogens with two attached hydrogens (primary N) is 1. The van der Waals surface area contributed by atoms with Crippen LogP contribution in [0.15, 0.2) is 0 Å². The van der Waals surface area contributed by atoms with E-state index in [1.807, 2.05) is 0 Å². The van der Waals surface area contributed by atoms with Crippen LogP contribution in [0.25, 0.3) is 0 Å². The highest BCUT2D eigenvalue weighted by Crippen LogP contribution is 2.37. The number of primary amides is 1. The van der Waals surface area contributed by atoms with Crippen LogP contribution in [-0.4, -0.2) is 35.1 Å². The second-order valence-corrected chi connectivity index (χ2v) is 6.39. The number of likely N-dealkylation sites (tertiary alicyclic amines) is 1. The minimum Gasteiger partial charge on any atom is -0.444 e. The zero-order chi connectivity index (χ0) is 14.1. The molecule has 5 heteroatoms. The Morgan fingerprint density at radius 2 is 2.00 bits per heavy atom. The first-order chi connectivity index (χ1) is 8.08. The number of carbonyl (C=O) groups is 2. The molecule has 1 saturated heterocycles. The summed E-state index contributed by atoms with van der Waals surface area (Å²) in [6.45, 7) is 10.0. The molecule has 104 valence electrons. The summed E-state index contributed by atoms with van der Waals surface area (Å²) in [6.07, 6.45) is 1.05. The minimum atomic E-state index is -0.565. The van der Waals surface area contributed by atoms with Gasteiger partial charge >= 0.3 is 6.09 Å². The van der Waals surface area contributed by atoms with Gasteiger partial charge in [-0.15, -0.1) is 0 Å². The largest absolute Gasteiger partial charge is 0.444 e. The third-order valence-electron chi connectivity index (χ3n) is 3.42. The standard InChI is InChI=1S/C13H24N2O3/c1-6-13(5)7-9(10(14)16)15(8-13)11(17)18-12(2,3)4/h9H,6-8H2,1-5H3,(H2,14,16). The fraction of sp³-hybridized carbons (Fsp3) is 0.846. The number of hydrogen-bond acceptors (Lipinski definition) is 3. The maximum Gasteiger partial charge on any atom is 0.410 e. The van der Waals surface area contributed by atoms with Gasteiger partial charge in [-0.2, -0.15) is 0 Å². The van der Waals surface area contributed by atoms with Gasteiger partial charge in [0.05, 0.1) is 0 Å². The second-order valence-electron chi connectivity index (χ2n) is 6.39. The van der Waals surface area contributed by atoms with Crippen molar-refractivity contribution >= 4 is 12.0 Å². The van der Waals surface area contributed by atoms with Gasteiger partial charge < -0.3 is 10.5 Å². The van der Waals surface area contributed by atoms with E-state index in [0.717, 1.165) is 6.42 Å². The Kier molecular flexibility index (Phi) is 3.93. The molecule has 1 heterocycles. The van der Waals surface area contributed by atoms with Crippen LogP contribution in [0.3, 0.4) is 0 Å². The first-order valence-corrected chi connectivity index (χ1v) is 6.37. The number of rotatable bonds is 2. The normalized spacial score (nSPS) is 28.3. The fourth-order valence-corrected chi connectivity index (χ4v) is 2.19. The predicted molar refractivity (Wildman–Crippen MR) is 68.9 cm³/mol. The summed E-state index contributed by atoms with van der Waals surface area (Å²) < 4.78 is 5.32. The zero-order valence-electron chi connectivity index (χ0n) is 11.9. The topological polar surface area (TPSA) is 72.6 Å². The minimum absolute atomic E-state index is 0.0589. The quantitative estimate of drug-likeness (QED) is 0.820. The van der Waals surface area contributed by atoms with Crippen molar-refractivity contribution in [2.45, 2.75) is 59.1 Å². The van der Waals surface area contributed by atoms with Crippen molar-refractivity contribution in [1.29, 1.82) is 0 Å². The van der Waals surface area contributed by atoms with Gasteiger partial charge in [-0.25, -0.2) is 4.79 Å². The summed E-state index contributed by atoms with van der Waals surface area (Å²) in [5.74, 6) is -0.460. The maximum atomic E-state index is 12.1. The lowest BCUT2D eigenvalue weighted by Gasteiger charge is -2.27. The van der Waals surface area contributed by atoms with E-state index in [4.69, 9.17) is 10.5 Å². The van der Waals surface area contributed by atoms with Crippen LogP contribution in [0.5, 0.6) is 0 Å². The Hall–Kier alpha value is -1.26. The van der Waals surface area contributed by atoms with E-state index < -0.39 is 23.6 Å². The molecule has 0 spiro atoms. The number of ether oxygens (including phenoxy) is 1. The second kappa shape index (κ2) is 4.78. The van der Waals surface area contributed by atoms with E-state index in [2.05, 4.69) is 13.8 Å². The Morgan fingerprint density at radius 1 is 1.44 bits per heavy atom. The third kappa shape index (κ3) is 3.37. The molecule has 1 rings (SSSR count). The van der Waals surface area contributed by atoms with E-state index in [1.54, 1.807) is 20.8 Å². The number of hydrogen-bond donors (Lipinski definition) is 1. The van der Waals surface area contributed by atoms with Gasteiger partial charge in [0.2, 0.25) is 5.91 Å². The van der Waals surface area contributed by atoms with Crippen molar-refractivity contribution in [2.75, 3.05) is 6.54 Å². The molecule has 5 nitrogen and oxygen atoms in total. The van der Waals surface area contributed by atoms with Crippen LogP contribution < -0.4 is 5.73 Å². The molecule has 2 unspecified atom stereocenters. The summed E-state index contributed by atoms with van der Waals surface area (Å²) >= 11 is 0. The Morgan fingerprint density at radius 3 is 2.39 bits per heavy atom. The van der Waals surface area contributed by atoms with E-state index >= 15 is 0 Å². The summed E-state index contributed by atoms with van der Waals surface area (Å²) in [7, 11) is 0. The van der Waals surface area contributed by atoms with Gasteiger partial charge in [-0.1, -0.05) is 13.8 Å². The molecule has 0 aromatic heterocycles. The Balaban J connectivity index is 2.85. The Labute approximate surface area is 109 Å². The first-order valence-electron chi connectivity index (χ1n) is 6.37. The molecule has 18 heavy (non-hydrogen) atoms. The Bertz CT molecular complexity index is 349. The molecule has 1 fully saturated rings. The molecule has 2 atom stereocenters. The zero-order valence-corrected chi connectivity index (χ0v) is 11.9. The van der Waals surface area contributed by atoms with E-state index in [1.165, 1.54) is 4.90 Å². The summed E-state index contributed by atoms with van der Waals surface area (Å²) in [5, 5.41) is 0. The first kappa shape index (κ1) is 14.8. The van der Waals surface area contributed by atoms with Crippen molar-refractivity contribution in [3.8, 4) is 0 Å². The number of nitrogens with zero attached hydrogens (tertiary/aromatic N) is 1. The monoisotopic (exact) mass is 256 g/mol. The highest BCUT2D eigenvalue weighted by Gasteiger charge is 2.45. The van der Waals surface area contributed by atoms with Crippen LogP contribution >= 0.6 is 0 Å². The lowest BCUT2D eigenvalue weighted by molar-refractivity contribution is -0.122. The molecule has 1 aliphatic rings. The highest BCUT2D eigenvalue weighted by molar-refractivity contribution is 5.85. The molecular formula is C13H24N2O3. The molecule has 0 aromatic rings. The number of amides is 2. The average molecular weight is 256 g/mol. The van der Waals surface area contributed by atoms with Gasteiger partial charge in [0.25, 0.3) is 0 Å². The van der Waals surface area contributed by atoms with Crippen LogP contribution in [-0.2, 0) is 9.53 Å². The van der Waals surface area contributed by atoms with E-state index in [0.29, 0.717) is 13.0 Å². The smallest absolute Gasteiger partial charge is 0.410 e. The number of carbonyl (C=O) groups excluding carboxylic acids is 2. The van der Waals surface area contributed by atoms with E-state index in [-0.39, 0.29) is 5.41 Å². The molecule has 0 aromatic carbocycles. The molecule has 1 aliphatic heterocycles. The van der Waals surface area contributed by atoms with Crippen LogP contribution in [0.1, 0.15) is 47.5 Å². The van der Waals surface area contributed by atoms with Crippen molar-refractivity contribution in [3.05, 3.63) is 0 Å². The summed E-state index contributed by atoms with van der Waals surface area (Å²) in [4.78, 5) is 25.0. The fourth-order valence-electron chi connectivity index (χ4n) is 2.19. The summed E-state index contributed by atoms with van der Waals surface area (Å²) in [6, 6.07) is -0.551. The summed E-state index contributed by atoms with van der Waals surface area (Å²) in [5.41, 5.74) is 4.75. The lowest BCUT2D eigenvalue weighted by atomic mass is 9.85. The van der Waals surface area contributed by atoms with Gasteiger partial charge in [0, 0.05) is 6.54 Å². The highest BCUT2D eigenvalue weighted by atomic mass is 16.6. The van der Waals surface area contributed by atoms with Crippen LogP contribution in [0, 0.1) is 5.41 Å².